The van der Waals surface area contributed by atoms with Crippen molar-refractivity contribution in [3.8, 4) is 0 Å². The monoisotopic (exact) mass is 350 g/mol. The van der Waals surface area contributed by atoms with E-state index in [1.165, 1.54) is 22.2 Å². The number of halogens is 2. The van der Waals surface area contributed by atoms with Gasteiger partial charge in [-0.05, 0) is 58.2 Å². The van der Waals surface area contributed by atoms with Gasteiger partial charge in [-0.15, -0.1) is 11.3 Å². The van der Waals surface area contributed by atoms with E-state index in [2.05, 4.69) is 38.4 Å². The molecule has 2 nitrogen and oxygen atoms in total. The molecule has 1 aliphatic heterocycles. The molecule has 0 amide bonds. The molecule has 4 rings (SSSR count). The molecule has 1 aromatic carbocycles. The van der Waals surface area contributed by atoms with Crippen LogP contribution in [0.3, 0.4) is 0 Å². The molecule has 0 radical (unpaired) electrons. The first-order valence-corrected chi connectivity index (χ1v) is 8.12. The van der Waals surface area contributed by atoms with Crippen molar-refractivity contribution in [3.05, 3.63) is 56.1 Å². The summed E-state index contributed by atoms with van der Waals surface area (Å²) in [4.78, 5) is 4.73. The van der Waals surface area contributed by atoms with Gasteiger partial charge in [-0.2, -0.15) is 0 Å². The minimum atomic E-state index is -0.173. The van der Waals surface area contributed by atoms with Crippen molar-refractivity contribution in [2.24, 2.45) is 0 Å². The van der Waals surface area contributed by atoms with Crippen LogP contribution >= 0.6 is 27.3 Å². The van der Waals surface area contributed by atoms with Gasteiger partial charge in [-0.3, -0.25) is 0 Å². The van der Waals surface area contributed by atoms with Crippen LogP contribution in [0.2, 0.25) is 0 Å². The Bertz CT molecular complexity index is 792. The Morgan fingerprint density at radius 3 is 2.95 bits per heavy atom. The van der Waals surface area contributed by atoms with Gasteiger partial charge in [-0.1, -0.05) is 0 Å². The fraction of sp³-hybridized carbons (Fsp3) is 0.200. The van der Waals surface area contributed by atoms with E-state index in [-0.39, 0.29) is 11.9 Å². The summed E-state index contributed by atoms with van der Waals surface area (Å²) in [7, 11) is 0. The zero-order valence-corrected chi connectivity index (χ0v) is 12.9. The highest BCUT2D eigenvalue weighted by molar-refractivity contribution is 9.11. The maximum atomic E-state index is 13.5. The zero-order valence-electron chi connectivity index (χ0n) is 10.5. The van der Waals surface area contributed by atoms with Crippen LogP contribution in [0.25, 0.3) is 10.9 Å². The largest absolute Gasteiger partial charge is 0.357 e. The number of benzene rings is 1. The third-order valence-corrected chi connectivity index (χ3v) is 5.48. The molecule has 3 heterocycles. The van der Waals surface area contributed by atoms with E-state index < -0.39 is 0 Å². The molecule has 0 aliphatic carbocycles. The molecule has 0 bridgehead atoms. The molecule has 1 aliphatic rings. The number of aromatic amines is 1. The summed E-state index contributed by atoms with van der Waals surface area (Å²) < 4.78 is 14.6. The molecule has 0 spiro atoms. The third kappa shape index (κ3) is 1.92. The van der Waals surface area contributed by atoms with Crippen molar-refractivity contribution < 1.29 is 4.39 Å². The minimum absolute atomic E-state index is 0.172. The molecule has 1 atom stereocenters. The van der Waals surface area contributed by atoms with Gasteiger partial charge in [0.05, 0.1) is 9.83 Å². The second-order valence-corrected chi connectivity index (χ2v) is 7.48. The number of rotatable bonds is 1. The second-order valence-electron chi connectivity index (χ2n) is 4.99. The van der Waals surface area contributed by atoms with Crippen LogP contribution in [0.15, 0.2) is 34.1 Å². The highest BCUT2D eigenvalue weighted by Gasteiger charge is 2.26. The van der Waals surface area contributed by atoms with Gasteiger partial charge in [0, 0.05) is 28.0 Å². The quantitative estimate of drug-likeness (QED) is 0.670. The Balaban J connectivity index is 1.90. The maximum Gasteiger partial charge on any atom is 0.123 e. The zero-order chi connectivity index (χ0) is 13.7. The number of hydrogen-bond acceptors (Lipinski definition) is 2. The van der Waals surface area contributed by atoms with Crippen molar-refractivity contribution in [2.75, 3.05) is 6.54 Å². The van der Waals surface area contributed by atoms with Gasteiger partial charge in [0.15, 0.2) is 0 Å². The lowest BCUT2D eigenvalue weighted by molar-refractivity contribution is 0.567. The molecule has 0 saturated heterocycles. The van der Waals surface area contributed by atoms with Crippen molar-refractivity contribution in [1.82, 2.24) is 10.3 Å². The third-order valence-electron chi connectivity index (χ3n) is 3.79. The Hall–Kier alpha value is -1.17. The molecule has 20 heavy (non-hydrogen) atoms. The molecular weight excluding hydrogens is 339 g/mol. The van der Waals surface area contributed by atoms with E-state index in [4.69, 9.17) is 0 Å². The Morgan fingerprint density at radius 1 is 1.25 bits per heavy atom. The fourth-order valence-electron chi connectivity index (χ4n) is 2.93. The Morgan fingerprint density at radius 2 is 2.15 bits per heavy atom. The summed E-state index contributed by atoms with van der Waals surface area (Å²) >= 11 is 5.24. The SMILES string of the molecule is Fc1ccc2[nH]c3c(c2c1)CCNC3c1ccc(Br)s1. The summed E-state index contributed by atoms with van der Waals surface area (Å²) in [6.45, 7) is 0.913. The summed E-state index contributed by atoms with van der Waals surface area (Å²) in [5, 5.41) is 4.56. The molecule has 3 aromatic rings. The minimum Gasteiger partial charge on any atom is -0.357 e. The lowest BCUT2D eigenvalue weighted by atomic mass is 9.98. The van der Waals surface area contributed by atoms with Crippen LogP contribution in [0.5, 0.6) is 0 Å². The lowest BCUT2D eigenvalue weighted by Gasteiger charge is -2.23. The van der Waals surface area contributed by atoms with Crippen molar-refractivity contribution in [3.63, 3.8) is 0 Å². The topological polar surface area (TPSA) is 27.8 Å². The van der Waals surface area contributed by atoms with E-state index >= 15 is 0 Å². The molecule has 102 valence electrons. The number of thiophene rings is 1. The number of aromatic nitrogens is 1. The van der Waals surface area contributed by atoms with E-state index in [0.29, 0.717) is 0 Å². The van der Waals surface area contributed by atoms with Crippen LogP contribution in [0, 0.1) is 5.82 Å². The summed E-state index contributed by atoms with van der Waals surface area (Å²) in [5.74, 6) is -0.173. The fourth-order valence-corrected chi connectivity index (χ4v) is 4.44. The average Bonchev–Trinajstić information content (AvgIpc) is 3.02. The normalized spacial score (nSPS) is 18.4. The highest BCUT2D eigenvalue weighted by Crippen LogP contribution is 2.37. The molecule has 5 heteroatoms. The van der Waals surface area contributed by atoms with Crippen LogP contribution in [0.4, 0.5) is 4.39 Å². The predicted molar refractivity (Wildman–Crippen MR) is 83.8 cm³/mol. The van der Waals surface area contributed by atoms with E-state index in [1.54, 1.807) is 17.4 Å². The van der Waals surface area contributed by atoms with Gasteiger partial charge in [0.1, 0.15) is 5.82 Å². The van der Waals surface area contributed by atoms with Crippen molar-refractivity contribution in [2.45, 2.75) is 12.5 Å². The molecule has 0 saturated carbocycles. The maximum absolute atomic E-state index is 13.5. The van der Waals surface area contributed by atoms with Crippen LogP contribution in [0.1, 0.15) is 22.2 Å². The van der Waals surface area contributed by atoms with Gasteiger partial charge < -0.3 is 10.3 Å². The predicted octanol–water partition coefficient (Wildman–Crippen LogP) is 4.37. The average molecular weight is 351 g/mol. The number of hydrogen-bond donors (Lipinski definition) is 2. The molecule has 2 aromatic heterocycles. The van der Waals surface area contributed by atoms with E-state index in [0.717, 1.165) is 27.7 Å². The highest BCUT2D eigenvalue weighted by atomic mass is 79.9. The van der Waals surface area contributed by atoms with Gasteiger partial charge in [0.2, 0.25) is 0 Å². The van der Waals surface area contributed by atoms with Crippen LogP contribution < -0.4 is 5.32 Å². The first-order valence-electron chi connectivity index (χ1n) is 6.51. The number of nitrogens with one attached hydrogen (secondary N) is 2. The van der Waals surface area contributed by atoms with Crippen molar-refractivity contribution >= 4 is 38.2 Å². The summed E-state index contributed by atoms with van der Waals surface area (Å²) in [5.41, 5.74) is 3.43. The van der Waals surface area contributed by atoms with Crippen molar-refractivity contribution in [1.29, 1.82) is 0 Å². The Kier molecular flexibility index (Phi) is 2.94. The van der Waals surface area contributed by atoms with E-state index in [9.17, 15) is 4.39 Å². The second kappa shape index (κ2) is 4.69. The van der Waals surface area contributed by atoms with Crippen LogP contribution in [-0.4, -0.2) is 11.5 Å². The lowest BCUT2D eigenvalue weighted by Crippen LogP contribution is -2.29. The van der Waals surface area contributed by atoms with Gasteiger partial charge >= 0.3 is 0 Å². The molecule has 2 N–H and O–H groups in total. The first kappa shape index (κ1) is 12.6. The molecule has 1 unspecified atom stereocenters. The molecule has 0 fully saturated rings. The summed E-state index contributed by atoms with van der Waals surface area (Å²) in [6, 6.07) is 9.34. The Labute approximate surface area is 128 Å². The smallest absolute Gasteiger partial charge is 0.123 e. The van der Waals surface area contributed by atoms with Crippen LogP contribution in [-0.2, 0) is 6.42 Å². The first-order chi connectivity index (χ1) is 9.72. The van der Waals surface area contributed by atoms with Gasteiger partial charge in [-0.25, -0.2) is 4.39 Å². The standard InChI is InChI=1S/C15H12BrFN2S/c16-13-4-3-12(20-13)15-14-9(5-6-18-15)10-7-8(17)1-2-11(10)19-14/h1-4,7,15,18-19H,5-6H2. The molecular formula is C15H12BrFN2S. The van der Waals surface area contributed by atoms with Gasteiger partial charge in [0.25, 0.3) is 0 Å². The number of fused-ring (bicyclic) bond motifs is 3. The number of H-pyrrole nitrogens is 1. The van der Waals surface area contributed by atoms with E-state index in [1.807, 2.05) is 6.07 Å². The summed E-state index contributed by atoms with van der Waals surface area (Å²) in [6.07, 6.45) is 0.932.